The maximum atomic E-state index is 9.61. The van der Waals surface area contributed by atoms with Crippen LogP contribution in [-0.4, -0.2) is 44.4 Å². The fourth-order valence-corrected chi connectivity index (χ4v) is 0. The summed E-state index contributed by atoms with van der Waals surface area (Å²) >= 11 is 5.51. The van der Waals surface area contributed by atoms with Crippen LogP contribution < -0.4 is 0 Å². The first-order chi connectivity index (χ1) is 2.64. The quantitative estimate of drug-likeness (QED) is 0.538. The second-order valence-electron chi connectivity index (χ2n) is 0.639. The number of carboxylic acids is 1. The molecule has 0 saturated heterocycles. The van der Waals surface area contributed by atoms with Gasteiger partial charge in [-0.1, -0.05) is 31.9 Å². The third kappa shape index (κ3) is 7.43. The third-order valence-corrected chi connectivity index (χ3v) is 0.970. The number of aliphatic carboxylic acids is 1. The molecule has 5 heteroatoms. The van der Waals surface area contributed by atoms with Gasteiger partial charge in [-0.05, 0) is 0 Å². The van der Waals surface area contributed by atoms with Crippen LogP contribution in [0.25, 0.3) is 0 Å². The number of alkyl halides is 2. The van der Waals surface area contributed by atoms with E-state index >= 15 is 0 Å². The van der Waals surface area contributed by atoms with E-state index in [4.69, 9.17) is 5.11 Å². The second kappa shape index (κ2) is 5.56. The molecule has 0 aliphatic heterocycles. The Morgan fingerprint density at radius 3 is 1.71 bits per heavy atom. The van der Waals surface area contributed by atoms with Gasteiger partial charge in [0.2, 0.25) is 0 Å². The summed E-state index contributed by atoms with van der Waals surface area (Å²) in [4.78, 5) is 9.61. The van der Waals surface area contributed by atoms with E-state index in [-0.39, 0.29) is 29.6 Å². The topological polar surface area (TPSA) is 37.3 Å². The molecule has 0 aliphatic carbocycles. The standard InChI is InChI=1S/C2H2Br2O2.Na.H/c3-1(4)2(5)6;;/h1H,(H,5,6);;. The van der Waals surface area contributed by atoms with Crippen LogP contribution in [0.2, 0.25) is 0 Å². The van der Waals surface area contributed by atoms with Crippen molar-refractivity contribution in [2.75, 3.05) is 0 Å². The Morgan fingerprint density at radius 1 is 1.57 bits per heavy atom. The molecule has 0 aromatic heterocycles. The van der Waals surface area contributed by atoms with E-state index in [9.17, 15) is 4.79 Å². The molecule has 0 aliphatic rings. The molecule has 0 radical (unpaired) electrons. The third-order valence-electron chi connectivity index (χ3n) is 0.187. The first-order valence-corrected chi connectivity index (χ1v) is 2.98. The molecule has 0 spiro atoms. The molecule has 38 valence electrons. The molecule has 7 heavy (non-hydrogen) atoms. The van der Waals surface area contributed by atoms with Gasteiger partial charge in [-0.15, -0.1) is 0 Å². The van der Waals surface area contributed by atoms with Gasteiger partial charge in [-0.2, -0.15) is 0 Å². The zero-order chi connectivity index (χ0) is 5.15. The van der Waals surface area contributed by atoms with Crippen molar-refractivity contribution in [3.63, 3.8) is 0 Å². The Morgan fingerprint density at radius 2 is 1.71 bits per heavy atom. The molecule has 0 unspecified atom stereocenters. The number of carboxylic acid groups (broad SMARTS) is 1. The van der Waals surface area contributed by atoms with Gasteiger partial charge in [0, 0.05) is 0 Å². The normalized spacial score (nSPS) is 7.86. The summed E-state index contributed by atoms with van der Waals surface area (Å²) in [6.07, 6.45) is 0. The first kappa shape index (κ1) is 11.3. The summed E-state index contributed by atoms with van der Waals surface area (Å²) in [5, 5.41) is 7.90. The van der Waals surface area contributed by atoms with Crippen molar-refractivity contribution < 1.29 is 9.90 Å². The summed E-state index contributed by atoms with van der Waals surface area (Å²) in [6, 6.07) is 0. The Kier molecular flexibility index (Phi) is 8.95. The monoisotopic (exact) mass is 240 g/mol. The van der Waals surface area contributed by atoms with E-state index in [1.807, 2.05) is 0 Å². The molecular formula is C2H3Br2NaO2. The molecule has 0 aromatic carbocycles. The van der Waals surface area contributed by atoms with Crippen molar-refractivity contribution in [1.29, 1.82) is 0 Å². The zero-order valence-electron chi connectivity index (χ0n) is 2.69. The molecule has 1 N–H and O–H groups in total. The van der Waals surface area contributed by atoms with E-state index in [0.29, 0.717) is 0 Å². The summed E-state index contributed by atoms with van der Waals surface area (Å²) in [6.45, 7) is 0. The van der Waals surface area contributed by atoms with E-state index in [1.165, 1.54) is 0 Å². The van der Waals surface area contributed by atoms with Crippen molar-refractivity contribution >= 4 is 67.4 Å². The van der Waals surface area contributed by atoms with Gasteiger partial charge in [0.25, 0.3) is 0 Å². The molecule has 0 bridgehead atoms. The summed E-state index contributed by atoms with van der Waals surface area (Å²) in [5.41, 5.74) is 0. The van der Waals surface area contributed by atoms with Crippen LogP contribution in [0.1, 0.15) is 0 Å². The first-order valence-electron chi connectivity index (χ1n) is 1.15. The second-order valence-corrected chi connectivity index (χ2v) is 3.70. The Balaban J connectivity index is 0. The Bertz CT molecular complexity index is 64.7. The van der Waals surface area contributed by atoms with Crippen molar-refractivity contribution in [2.45, 2.75) is 3.74 Å². The van der Waals surface area contributed by atoms with Crippen LogP contribution in [-0.2, 0) is 4.79 Å². The maximum absolute atomic E-state index is 9.61. The average Bonchev–Trinajstić information content (AvgIpc) is 1.36. The number of rotatable bonds is 1. The fourth-order valence-electron chi connectivity index (χ4n) is 0. The molecule has 0 aromatic rings. The Labute approximate surface area is 80.2 Å². The molecule has 0 fully saturated rings. The van der Waals surface area contributed by atoms with Gasteiger partial charge >= 0.3 is 35.5 Å². The van der Waals surface area contributed by atoms with Crippen molar-refractivity contribution in [3.05, 3.63) is 0 Å². The van der Waals surface area contributed by atoms with Gasteiger partial charge in [0.15, 0.2) is 3.74 Å². The summed E-state index contributed by atoms with van der Waals surface area (Å²) < 4.78 is -0.606. The van der Waals surface area contributed by atoms with Gasteiger partial charge < -0.3 is 5.11 Å². The Hall–Kier alpha value is 1.43. The van der Waals surface area contributed by atoms with Gasteiger partial charge in [0.05, 0.1) is 0 Å². The van der Waals surface area contributed by atoms with Gasteiger partial charge in [-0.25, -0.2) is 0 Å². The molecule has 0 amide bonds. The number of halogens is 2. The van der Waals surface area contributed by atoms with E-state index in [0.717, 1.165) is 0 Å². The van der Waals surface area contributed by atoms with Crippen LogP contribution in [0.3, 0.4) is 0 Å². The van der Waals surface area contributed by atoms with E-state index in [1.54, 1.807) is 0 Å². The SMILES string of the molecule is O=C(O)C(Br)Br.[NaH]. The van der Waals surface area contributed by atoms with Crippen molar-refractivity contribution in [2.24, 2.45) is 0 Å². The molecule has 0 rings (SSSR count). The van der Waals surface area contributed by atoms with Crippen LogP contribution >= 0.6 is 31.9 Å². The predicted octanol–water partition coefficient (Wildman–Crippen LogP) is 0.538. The number of carbonyl (C=O) groups is 1. The predicted molar refractivity (Wildman–Crippen MR) is 36.4 cm³/mol. The minimum absolute atomic E-state index is 0. The molecular weight excluding hydrogens is 239 g/mol. The molecule has 0 saturated carbocycles. The summed E-state index contributed by atoms with van der Waals surface area (Å²) in [7, 11) is 0. The van der Waals surface area contributed by atoms with Crippen LogP contribution in [0, 0.1) is 0 Å². The van der Waals surface area contributed by atoms with E-state index < -0.39 is 9.71 Å². The fraction of sp³-hybridized carbons (Fsp3) is 0.500. The zero-order valence-corrected chi connectivity index (χ0v) is 5.86. The van der Waals surface area contributed by atoms with Gasteiger partial charge in [-0.3, -0.25) is 4.79 Å². The van der Waals surface area contributed by atoms with Crippen molar-refractivity contribution in [3.8, 4) is 0 Å². The molecule has 0 atom stereocenters. The van der Waals surface area contributed by atoms with E-state index in [2.05, 4.69) is 31.9 Å². The van der Waals surface area contributed by atoms with Gasteiger partial charge in [0.1, 0.15) is 0 Å². The van der Waals surface area contributed by atoms with Crippen LogP contribution in [0.15, 0.2) is 0 Å². The number of hydrogen-bond donors (Lipinski definition) is 1. The molecule has 0 heterocycles. The number of hydrogen-bond acceptors (Lipinski definition) is 1. The minimum atomic E-state index is -0.907. The average molecular weight is 242 g/mol. The summed E-state index contributed by atoms with van der Waals surface area (Å²) in [5.74, 6) is -0.907. The van der Waals surface area contributed by atoms with Crippen LogP contribution in [0.4, 0.5) is 0 Å². The van der Waals surface area contributed by atoms with Crippen LogP contribution in [0.5, 0.6) is 0 Å². The molecule has 2 nitrogen and oxygen atoms in total. The van der Waals surface area contributed by atoms with Crippen molar-refractivity contribution in [1.82, 2.24) is 0 Å².